The van der Waals surface area contributed by atoms with Crippen LogP contribution in [-0.2, 0) is 6.61 Å². The molecule has 1 rings (SSSR count). The monoisotopic (exact) mass is 241 g/mol. The molecule has 1 aromatic rings. The van der Waals surface area contributed by atoms with Gasteiger partial charge in [0.05, 0.1) is 6.61 Å². The molecule has 3 N–H and O–H groups in total. The minimum Gasteiger partial charge on any atom is -0.392 e. The molecular weight excluding hydrogens is 230 g/mol. The molecular formula is C10H12BrNO. The number of hydrogen-bond acceptors (Lipinski definition) is 2. The maximum atomic E-state index is 8.99. The first-order chi connectivity index (χ1) is 6.27. The van der Waals surface area contributed by atoms with E-state index >= 15 is 0 Å². The molecule has 0 radical (unpaired) electrons. The summed E-state index contributed by atoms with van der Waals surface area (Å²) >= 11 is 3.35. The molecule has 0 aliphatic rings. The Morgan fingerprint density at radius 1 is 1.46 bits per heavy atom. The van der Waals surface area contributed by atoms with Gasteiger partial charge in [-0.1, -0.05) is 34.1 Å². The lowest BCUT2D eigenvalue weighted by molar-refractivity contribution is 0.281. The molecule has 0 bridgehead atoms. The molecule has 70 valence electrons. The number of aliphatic hydroxyl groups is 1. The van der Waals surface area contributed by atoms with Crippen LogP contribution < -0.4 is 5.73 Å². The van der Waals surface area contributed by atoms with Crippen LogP contribution in [0.5, 0.6) is 0 Å². The van der Waals surface area contributed by atoms with E-state index in [9.17, 15) is 0 Å². The van der Waals surface area contributed by atoms with Gasteiger partial charge >= 0.3 is 0 Å². The van der Waals surface area contributed by atoms with Gasteiger partial charge in [0.25, 0.3) is 0 Å². The van der Waals surface area contributed by atoms with E-state index in [-0.39, 0.29) is 6.61 Å². The molecule has 0 aromatic heterocycles. The number of hydrogen-bond donors (Lipinski definition) is 2. The third kappa shape index (κ3) is 2.95. The zero-order valence-corrected chi connectivity index (χ0v) is 8.79. The summed E-state index contributed by atoms with van der Waals surface area (Å²) in [6.07, 6.45) is 3.82. The van der Waals surface area contributed by atoms with Crippen molar-refractivity contribution in [1.29, 1.82) is 0 Å². The highest BCUT2D eigenvalue weighted by molar-refractivity contribution is 9.10. The molecule has 0 unspecified atom stereocenters. The Hall–Kier alpha value is -0.640. The second-order valence-electron chi connectivity index (χ2n) is 2.65. The second-order valence-corrected chi connectivity index (χ2v) is 3.50. The summed E-state index contributed by atoms with van der Waals surface area (Å²) in [7, 11) is 0. The molecule has 0 heterocycles. The number of aliphatic hydroxyl groups excluding tert-OH is 1. The van der Waals surface area contributed by atoms with E-state index in [0.29, 0.717) is 6.54 Å². The zero-order chi connectivity index (χ0) is 9.68. The lowest BCUT2D eigenvalue weighted by Crippen LogP contribution is -1.92. The number of rotatable bonds is 3. The molecule has 2 nitrogen and oxygen atoms in total. The van der Waals surface area contributed by atoms with Gasteiger partial charge in [-0.25, -0.2) is 0 Å². The third-order valence-electron chi connectivity index (χ3n) is 1.69. The van der Waals surface area contributed by atoms with E-state index in [1.807, 2.05) is 30.4 Å². The van der Waals surface area contributed by atoms with Gasteiger partial charge in [-0.15, -0.1) is 0 Å². The lowest BCUT2D eigenvalue weighted by Gasteiger charge is -2.01. The molecule has 3 heteroatoms. The smallest absolute Gasteiger partial charge is 0.0693 e. The van der Waals surface area contributed by atoms with Gasteiger partial charge < -0.3 is 10.8 Å². The Morgan fingerprint density at radius 3 is 2.85 bits per heavy atom. The van der Waals surface area contributed by atoms with Gasteiger partial charge in [0.2, 0.25) is 0 Å². The van der Waals surface area contributed by atoms with E-state index in [0.717, 1.165) is 15.6 Å². The van der Waals surface area contributed by atoms with Crippen molar-refractivity contribution in [3.8, 4) is 0 Å². The fourth-order valence-electron chi connectivity index (χ4n) is 1.02. The Bertz CT molecular complexity index is 310. The minimum absolute atomic E-state index is 0.0465. The SMILES string of the molecule is NCC=Cc1ccc(Br)c(CO)c1. The average molecular weight is 242 g/mol. The Labute approximate surface area is 86.2 Å². The molecule has 0 fully saturated rings. The van der Waals surface area contributed by atoms with Crippen LogP contribution in [0.3, 0.4) is 0 Å². The normalized spacial score (nSPS) is 11.0. The van der Waals surface area contributed by atoms with Crippen molar-refractivity contribution < 1.29 is 5.11 Å². The van der Waals surface area contributed by atoms with Gasteiger partial charge in [-0.3, -0.25) is 0 Å². The standard InChI is InChI=1S/C10H12BrNO/c11-10-4-3-8(2-1-5-12)6-9(10)7-13/h1-4,6,13H,5,7,12H2. The lowest BCUT2D eigenvalue weighted by atomic mass is 10.1. The highest BCUT2D eigenvalue weighted by atomic mass is 79.9. The van der Waals surface area contributed by atoms with Gasteiger partial charge in [0, 0.05) is 11.0 Å². The third-order valence-corrected chi connectivity index (χ3v) is 2.46. The first kappa shape index (κ1) is 10.4. The van der Waals surface area contributed by atoms with Crippen LogP contribution in [0.15, 0.2) is 28.7 Å². The quantitative estimate of drug-likeness (QED) is 0.850. The summed E-state index contributed by atoms with van der Waals surface area (Å²) in [6.45, 7) is 0.579. The first-order valence-electron chi connectivity index (χ1n) is 4.04. The fourth-order valence-corrected chi connectivity index (χ4v) is 1.40. The molecule has 0 saturated carbocycles. The molecule has 13 heavy (non-hydrogen) atoms. The van der Waals surface area contributed by atoms with Crippen LogP contribution in [0, 0.1) is 0 Å². The molecule has 0 spiro atoms. The van der Waals surface area contributed by atoms with Gasteiger partial charge in [0.15, 0.2) is 0 Å². The van der Waals surface area contributed by atoms with E-state index < -0.39 is 0 Å². The van der Waals surface area contributed by atoms with Crippen LogP contribution >= 0.6 is 15.9 Å². The Morgan fingerprint density at radius 2 is 2.23 bits per heavy atom. The molecule has 0 atom stereocenters. The summed E-state index contributed by atoms with van der Waals surface area (Å²) in [6, 6.07) is 5.81. The summed E-state index contributed by atoms with van der Waals surface area (Å²) in [5, 5.41) is 8.99. The van der Waals surface area contributed by atoms with Crippen molar-refractivity contribution in [1.82, 2.24) is 0 Å². The van der Waals surface area contributed by atoms with Crippen molar-refractivity contribution in [3.05, 3.63) is 39.9 Å². The fraction of sp³-hybridized carbons (Fsp3) is 0.200. The van der Waals surface area contributed by atoms with Crippen LogP contribution in [0.4, 0.5) is 0 Å². The van der Waals surface area contributed by atoms with Gasteiger partial charge in [-0.05, 0) is 23.3 Å². The highest BCUT2D eigenvalue weighted by Crippen LogP contribution is 2.18. The summed E-state index contributed by atoms with van der Waals surface area (Å²) in [4.78, 5) is 0. The predicted octanol–water partition coefficient (Wildman–Crippen LogP) is 1.91. The van der Waals surface area contributed by atoms with E-state index in [2.05, 4.69) is 15.9 Å². The molecule has 0 amide bonds. The molecule has 0 aliphatic heterocycles. The maximum absolute atomic E-state index is 8.99. The minimum atomic E-state index is 0.0465. The largest absolute Gasteiger partial charge is 0.392 e. The Kier molecular flexibility index (Phi) is 4.15. The van der Waals surface area contributed by atoms with E-state index in [1.54, 1.807) is 0 Å². The highest BCUT2D eigenvalue weighted by Gasteiger charge is 1.97. The van der Waals surface area contributed by atoms with Crippen molar-refractivity contribution in [3.63, 3.8) is 0 Å². The summed E-state index contributed by atoms with van der Waals surface area (Å²) < 4.78 is 0.930. The van der Waals surface area contributed by atoms with Crippen LogP contribution in [-0.4, -0.2) is 11.7 Å². The first-order valence-corrected chi connectivity index (χ1v) is 4.83. The summed E-state index contributed by atoms with van der Waals surface area (Å²) in [5.41, 5.74) is 7.27. The van der Waals surface area contributed by atoms with Gasteiger partial charge in [0.1, 0.15) is 0 Å². The second kappa shape index (κ2) is 5.17. The van der Waals surface area contributed by atoms with Crippen molar-refractivity contribution in [2.24, 2.45) is 5.73 Å². The zero-order valence-electron chi connectivity index (χ0n) is 7.20. The van der Waals surface area contributed by atoms with Crippen LogP contribution in [0.2, 0.25) is 0 Å². The van der Waals surface area contributed by atoms with Gasteiger partial charge in [-0.2, -0.15) is 0 Å². The summed E-state index contributed by atoms with van der Waals surface area (Å²) in [5.74, 6) is 0. The maximum Gasteiger partial charge on any atom is 0.0693 e. The number of benzene rings is 1. The van der Waals surface area contributed by atoms with E-state index in [1.165, 1.54) is 0 Å². The van der Waals surface area contributed by atoms with Crippen molar-refractivity contribution in [2.45, 2.75) is 6.61 Å². The number of nitrogens with two attached hydrogens (primary N) is 1. The van der Waals surface area contributed by atoms with Crippen molar-refractivity contribution in [2.75, 3.05) is 6.54 Å². The van der Waals surface area contributed by atoms with Crippen LogP contribution in [0.1, 0.15) is 11.1 Å². The van der Waals surface area contributed by atoms with E-state index in [4.69, 9.17) is 10.8 Å². The van der Waals surface area contributed by atoms with Crippen LogP contribution in [0.25, 0.3) is 6.08 Å². The molecule has 0 saturated heterocycles. The molecule has 1 aromatic carbocycles. The van der Waals surface area contributed by atoms with Crippen molar-refractivity contribution >= 4 is 22.0 Å². The number of halogens is 1. The topological polar surface area (TPSA) is 46.2 Å². The Balaban J connectivity index is 2.92. The molecule has 0 aliphatic carbocycles. The predicted molar refractivity (Wildman–Crippen MR) is 58.2 cm³/mol. The average Bonchev–Trinajstić information content (AvgIpc) is 2.16.